The van der Waals surface area contributed by atoms with Crippen molar-refractivity contribution in [3.8, 4) is 0 Å². The average molecular weight is 694 g/mol. The third-order valence-electron chi connectivity index (χ3n) is 8.31. The van der Waals surface area contributed by atoms with Gasteiger partial charge >= 0.3 is 5.89 Å². The molecular formula is C35H37N2O7S3+. The lowest BCUT2D eigenvalue weighted by atomic mass is 10.1. The Kier molecular flexibility index (Phi) is 9.77. The first-order chi connectivity index (χ1) is 22.5. The monoisotopic (exact) mass is 693 g/mol. The molecule has 47 heavy (non-hydrogen) atoms. The van der Waals surface area contributed by atoms with E-state index in [1.165, 1.54) is 0 Å². The second kappa shape index (κ2) is 13.8. The molecule has 0 atom stereocenters. The van der Waals surface area contributed by atoms with E-state index in [0.717, 1.165) is 53.8 Å². The predicted molar refractivity (Wildman–Crippen MR) is 189 cm³/mol. The summed E-state index contributed by atoms with van der Waals surface area (Å²) in [5.74, 6) is 0.0702. The Morgan fingerprint density at radius 1 is 0.851 bits per heavy atom. The maximum atomic E-state index is 11.4. The molecule has 0 bridgehead atoms. The summed E-state index contributed by atoms with van der Waals surface area (Å²) in [5, 5.41) is 5.42. The van der Waals surface area contributed by atoms with Crippen LogP contribution >= 0.6 is 11.8 Å². The largest absolute Gasteiger partial charge is 0.398 e. The molecule has 9 nitrogen and oxygen atoms in total. The van der Waals surface area contributed by atoms with E-state index in [1.54, 1.807) is 11.8 Å². The smallest absolute Gasteiger partial charge is 0.374 e. The molecule has 0 spiro atoms. The van der Waals surface area contributed by atoms with Crippen LogP contribution in [0.5, 0.6) is 0 Å². The lowest BCUT2D eigenvalue weighted by molar-refractivity contribution is -0.678. The molecule has 0 aliphatic carbocycles. The maximum absolute atomic E-state index is 11.4. The summed E-state index contributed by atoms with van der Waals surface area (Å²) in [7, 11) is -8.07. The fourth-order valence-electron chi connectivity index (χ4n) is 5.96. The van der Waals surface area contributed by atoms with Crippen molar-refractivity contribution in [3.05, 3.63) is 95.4 Å². The van der Waals surface area contributed by atoms with Crippen molar-refractivity contribution in [1.29, 1.82) is 0 Å². The average Bonchev–Trinajstić information content (AvgIpc) is 3.55. The van der Waals surface area contributed by atoms with Crippen molar-refractivity contribution in [2.45, 2.75) is 50.5 Å². The molecule has 1 aliphatic heterocycles. The first-order valence-corrected chi connectivity index (χ1v) is 19.7. The Labute approximate surface area is 279 Å². The van der Waals surface area contributed by atoms with E-state index < -0.39 is 20.2 Å². The van der Waals surface area contributed by atoms with Gasteiger partial charge < -0.3 is 9.32 Å². The minimum atomic E-state index is -4.04. The molecule has 2 N–H and O–H groups in total. The summed E-state index contributed by atoms with van der Waals surface area (Å²) < 4.78 is 72.4. The molecule has 5 aromatic rings. The summed E-state index contributed by atoms with van der Waals surface area (Å²) in [6, 6.07) is 24.6. The van der Waals surface area contributed by atoms with Crippen LogP contribution in [0, 0.1) is 0 Å². The van der Waals surface area contributed by atoms with Crippen LogP contribution in [-0.4, -0.2) is 44.0 Å². The van der Waals surface area contributed by atoms with E-state index in [9.17, 15) is 25.9 Å². The number of aromatic nitrogens is 1. The number of anilines is 1. The zero-order chi connectivity index (χ0) is 33.2. The summed E-state index contributed by atoms with van der Waals surface area (Å²) in [6.45, 7) is 3.17. The SMILES string of the molecule is CCC(=Cc1oc2cc3ccccc3cc2[n+]1CCCCS(=O)(=O)O)C=C1Sc2c(ccc3ccccc23)N1CCCCS(=O)(=O)O. The number of oxazole rings is 1. The standard InChI is InChI=1S/C35H36N2O7S3/c1-2-25(21-33-36(17-7-9-19-46(38,39)40)31-23-27-12-3-4-13-28(27)24-32(31)44-33)22-34-37(18-8-10-20-47(41,42)43)30-16-15-26-11-5-6-14-29(26)35(30)45-34/h3-6,11-16,21-24H,2,7-10,17-20H2,1H3,(H-,38,39,40,41,42,43)/p+1. The Bertz CT molecular complexity index is 2240. The Morgan fingerprint density at radius 2 is 1.51 bits per heavy atom. The van der Waals surface area contributed by atoms with E-state index in [0.29, 0.717) is 51.1 Å². The van der Waals surface area contributed by atoms with Gasteiger partial charge in [0.15, 0.2) is 6.54 Å². The highest BCUT2D eigenvalue weighted by Crippen LogP contribution is 2.50. The second-order valence-electron chi connectivity index (χ2n) is 11.7. The van der Waals surface area contributed by atoms with Crippen LogP contribution in [-0.2, 0) is 26.8 Å². The zero-order valence-corrected chi connectivity index (χ0v) is 28.5. The topological polar surface area (TPSA) is 129 Å². The van der Waals surface area contributed by atoms with Crippen LogP contribution in [0.1, 0.15) is 44.9 Å². The fraction of sp³-hybridized carbons (Fsp3) is 0.286. The summed E-state index contributed by atoms with van der Waals surface area (Å²) >= 11 is 1.68. The van der Waals surface area contributed by atoms with E-state index in [-0.39, 0.29) is 11.5 Å². The number of hydrogen-bond acceptors (Lipinski definition) is 7. The molecule has 4 aromatic carbocycles. The van der Waals surface area contributed by atoms with Crippen LogP contribution in [0.4, 0.5) is 5.69 Å². The van der Waals surface area contributed by atoms with Gasteiger partial charge in [0.2, 0.25) is 5.58 Å². The summed E-state index contributed by atoms with van der Waals surface area (Å²) in [5.41, 5.74) is 3.70. The second-order valence-corrected chi connectivity index (χ2v) is 15.9. The highest BCUT2D eigenvalue weighted by atomic mass is 32.2. The summed E-state index contributed by atoms with van der Waals surface area (Å²) in [6.07, 6.45) is 6.65. The normalized spacial score (nSPS) is 15.0. The van der Waals surface area contributed by atoms with Gasteiger partial charge in [-0.2, -0.15) is 21.4 Å². The van der Waals surface area contributed by atoms with Crippen molar-refractivity contribution in [2.75, 3.05) is 23.0 Å². The Balaban J connectivity index is 1.38. The highest BCUT2D eigenvalue weighted by molar-refractivity contribution is 8.04. The minimum absolute atomic E-state index is 0.275. The van der Waals surface area contributed by atoms with Crippen molar-refractivity contribution in [1.82, 2.24) is 0 Å². The molecule has 2 heterocycles. The van der Waals surface area contributed by atoms with Gasteiger partial charge in [0.1, 0.15) is 0 Å². The molecule has 0 saturated carbocycles. The lowest BCUT2D eigenvalue weighted by Crippen LogP contribution is -2.35. The van der Waals surface area contributed by atoms with Gasteiger partial charge in [-0.25, -0.2) is 0 Å². The number of unbranched alkanes of at least 4 members (excludes halogenated alkanes) is 2. The number of aryl methyl sites for hydroxylation is 1. The van der Waals surface area contributed by atoms with Gasteiger partial charge in [-0.15, -0.1) is 0 Å². The Morgan fingerprint density at radius 3 is 2.21 bits per heavy atom. The summed E-state index contributed by atoms with van der Waals surface area (Å²) in [4.78, 5) is 3.36. The number of rotatable bonds is 13. The van der Waals surface area contributed by atoms with E-state index >= 15 is 0 Å². The minimum Gasteiger partial charge on any atom is -0.398 e. The maximum Gasteiger partial charge on any atom is 0.374 e. The van der Waals surface area contributed by atoms with Crippen molar-refractivity contribution in [2.24, 2.45) is 0 Å². The predicted octanol–water partition coefficient (Wildman–Crippen LogP) is 7.61. The molecule has 0 amide bonds. The third kappa shape index (κ3) is 7.90. The number of nitrogens with zero attached hydrogens (tertiary/aromatic N) is 2. The van der Waals surface area contributed by atoms with E-state index in [2.05, 4.69) is 52.8 Å². The molecule has 6 rings (SSSR count). The molecule has 1 aromatic heterocycles. The Hall–Kier alpha value is -3.68. The van der Waals surface area contributed by atoms with Gasteiger partial charge in [-0.3, -0.25) is 9.11 Å². The van der Waals surface area contributed by atoms with Crippen LogP contribution < -0.4 is 9.47 Å². The van der Waals surface area contributed by atoms with Crippen LogP contribution in [0.25, 0.3) is 38.7 Å². The van der Waals surface area contributed by atoms with Gasteiger partial charge in [0.25, 0.3) is 25.8 Å². The zero-order valence-electron chi connectivity index (χ0n) is 26.0. The van der Waals surface area contributed by atoms with Gasteiger partial charge in [0.05, 0.1) is 28.3 Å². The first kappa shape index (κ1) is 33.2. The lowest BCUT2D eigenvalue weighted by Gasteiger charge is -2.21. The van der Waals surface area contributed by atoms with Crippen LogP contribution in [0.15, 0.2) is 98.8 Å². The van der Waals surface area contributed by atoms with E-state index in [4.69, 9.17) is 4.42 Å². The number of fused-ring (bicyclic) bond motifs is 5. The molecule has 246 valence electrons. The van der Waals surface area contributed by atoms with Gasteiger partial charge in [0, 0.05) is 23.9 Å². The molecule has 0 saturated heterocycles. The molecule has 0 unspecified atom stereocenters. The van der Waals surface area contributed by atoms with Gasteiger partial charge in [-0.05, 0) is 71.0 Å². The molecule has 12 heteroatoms. The number of allylic oxidation sites excluding steroid dienone is 2. The van der Waals surface area contributed by atoms with Crippen molar-refractivity contribution in [3.63, 3.8) is 0 Å². The quantitative estimate of drug-likeness (QED) is 0.0727. The first-order valence-electron chi connectivity index (χ1n) is 15.6. The third-order valence-corrected chi connectivity index (χ3v) is 11.1. The highest BCUT2D eigenvalue weighted by Gasteiger charge is 2.28. The number of thioether (sulfide) groups is 1. The van der Waals surface area contributed by atoms with Gasteiger partial charge in [-0.1, -0.05) is 73.3 Å². The molecule has 1 aliphatic rings. The van der Waals surface area contributed by atoms with Crippen molar-refractivity contribution >= 4 is 76.4 Å². The molecular weight excluding hydrogens is 657 g/mol. The molecule has 0 radical (unpaired) electrons. The molecule has 0 fully saturated rings. The van der Waals surface area contributed by atoms with E-state index in [1.807, 2.05) is 48.5 Å². The van der Waals surface area contributed by atoms with Crippen molar-refractivity contribution < 1.29 is 34.9 Å². The van der Waals surface area contributed by atoms with Crippen LogP contribution in [0.2, 0.25) is 0 Å². The van der Waals surface area contributed by atoms with Crippen LogP contribution in [0.3, 0.4) is 0 Å². The number of hydrogen-bond donors (Lipinski definition) is 2. The fourth-order valence-corrected chi connectivity index (χ4v) is 8.40. The number of benzene rings is 4.